The number of benzene rings is 2. The molecule has 1 aliphatic heterocycles. The summed E-state index contributed by atoms with van der Waals surface area (Å²) in [7, 11) is 1.63. The smallest absolute Gasteiger partial charge is 0.245 e. The Hall–Kier alpha value is -3.61. The van der Waals surface area contributed by atoms with Gasteiger partial charge in [-0.3, -0.25) is 14.4 Å². The third kappa shape index (κ3) is 9.38. The number of likely N-dealkylation sites (N-methyl/N-ethyl adjacent to an activating group) is 1. The van der Waals surface area contributed by atoms with E-state index in [2.05, 4.69) is 39.8 Å². The first kappa shape index (κ1) is 37.6. The van der Waals surface area contributed by atoms with Gasteiger partial charge in [0.15, 0.2) is 0 Å². The number of aromatic nitrogens is 2. The number of hydrogen-bond donors (Lipinski definition) is 5. The summed E-state index contributed by atoms with van der Waals surface area (Å²) < 4.78 is 0. The standard InChI is InChI=1S/C37H45Cl2N7O3S/c1-22(2)15-31-34(47)45-30(12-6-7-13-40)37(49)46(3)32(17-24-20-42-29-11-5-4-10-27(24)29)35(48)44-21-25-16-26(38)18-28(39)33(25)50-36-23(19-43-31)9-8-14-41-36/h4-5,8-11,14,16,18,20,22,30-32,42-43H,6-7,12-13,15,17,19,21,40H2,1-3H3,(H,44,48)(H,45,47). The van der Waals surface area contributed by atoms with Crippen molar-refractivity contribution in [3.8, 4) is 0 Å². The Labute approximate surface area is 307 Å². The average molecular weight is 739 g/mol. The Morgan fingerprint density at radius 2 is 1.80 bits per heavy atom. The molecule has 1 aliphatic rings. The van der Waals surface area contributed by atoms with E-state index in [0.29, 0.717) is 64.3 Å². The Morgan fingerprint density at radius 3 is 2.58 bits per heavy atom. The van der Waals surface area contributed by atoms with Crippen LogP contribution >= 0.6 is 35.0 Å². The van der Waals surface area contributed by atoms with Crippen molar-refractivity contribution in [2.75, 3.05) is 13.6 Å². The van der Waals surface area contributed by atoms with Crippen LogP contribution in [0.3, 0.4) is 0 Å². The lowest BCUT2D eigenvalue weighted by atomic mass is 10.00. The molecule has 3 atom stereocenters. The first-order valence-corrected chi connectivity index (χ1v) is 18.6. The quantitative estimate of drug-likeness (QED) is 0.143. The zero-order valence-electron chi connectivity index (χ0n) is 28.6. The highest BCUT2D eigenvalue weighted by Gasteiger charge is 2.34. The molecule has 13 heteroatoms. The zero-order valence-corrected chi connectivity index (χ0v) is 30.9. The Balaban J connectivity index is 1.58. The second-order valence-electron chi connectivity index (χ2n) is 13.1. The average Bonchev–Trinajstić information content (AvgIpc) is 3.50. The minimum absolute atomic E-state index is 0.113. The van der Waals surface area contributed by atoms with Crippen LogP contribution in [0.15, 0.2) is 70.8 Å². The van der Waals surface area contributed by atoms with Crippen LogP contribution < -0.4 is 21.7 Å². The van der Waals surface area contributed by atoms with Crippen LogP contribution in [0.4, 0.5) is 0 Å². The van der Waals surface area contributed by atoms with E-state index in [1.54, 1.807) is 25.4 Å². The van der Waals surface area contributed by atoms with E-state index >= 15 is 0 Å². The van der Waals surface area contributed by atoms with Crippen LogP contribution in [0.5, 0.6) is 0 Å². The summed E-state index contributed by atoms with van der Waals surface area (Å²) in [6, 6.07) is 12.7. The van der Waals surface area contributed by atoms with Gasteiger partial charge in [-0.15, -0.1) is 0 Å². The van der Waals surface area contributed by atoms with E-state index in [-0.39, 0.29) is 36.6 Å². The molecule has 0 radical (unpaired) electrons. The molecule has 0 bridgehead atoms. The number of aromatic amines is 1. The number of carbonyl (C=O) groups excluding carboxylic acids is 3. The highest BCUT2D eigenvalue weighted by Crippen LogP contribution is 2.38. The maximum Gasteiger partial charge on any atom is 0.245 e. The molecule has 3 unspecified atom stereocenters. The summed E-state index contributed by atoms with van der Waals surface area (Å²) in [5.74, 6) is -0.780. The van der Waals surface area contributed by atoms with Crippen molar-refractivity contribution in [1.82, 2.24) is 30.8 Å². The van der Waals surface area contributed by atoms with Crippen LogP contribution in [-0.4, -0.2) is 64.3 Å². The largest absolute Gasteiger partial charge is 0.361 e. The number of rotatable bonds is 8. The molecular weight excluding hydrogens is 693 g/mol. The van der Waals surface area contributed by atoms with Gasteiger partial charge in [0, 0.05) is 59.8 Å². The predicted molar refractivity (Wildman–Crippen MR) is 200 cm³/mol. The number of nitrogens with one attached hydrogen (secondary N) is 4. The fraction of sp³-hybridized carbons (Fsp3) is 0.405. The number of halogens is 2. The number of fused-ring (bicyclic) bond motifs is 3. The summed E-state index contributed by atoms with van der Waals surface area (Å²) in [4.78, 5) is 52.7. The van der Waals surface area contributed by atoms with Gasteiger partial charge in [0.05, 0.1) is 11.1 Å². The number of carbonyl (C=O) groups is 3. The second kappa shape index (κ2) is 17.5. The highest BCUT2D eigenvalue weighted by molar-refractivity contribution is 7.99. The molecule has 4 aromatic rings. The number of unbranched alkanes of at least 4 members (excludes halogenated alkanes) is 1. The van der Waals surface area contributed by atoms with Gasteiger partial charge in [0.25, 0.3) is 0 Å². The molecule has 5 rings (SSSR count). The zero-order chi connectivity index (χ0) is 35.8. The summed E-state index contributed by atoms with van der Waals surface area (Å²) in [6.45, 7) is 5.05. The Bertz CT molecular complexity index is 1820. The van der Waals surface area contributed by atoms with Gasteiger partial charge < -0.3 is 31.6 Å². The molecule has 0 saturated carbocycles. The number of H-pyrrole nitrogens is 1. The molecule has 2 aromatic heterocycles. The number of hydrogen-bond acceptors (Lipinski definition) is 7. The van der Waals surface area contributed by atoms with E-state index in [1.807, 2.05) is 42.6 Å². The maximum atomic E-state index is 14.4. The third-order valence-electron chi connectivity index (χ3n) is 8.92. The summed E-state index contributed by atoms with van der Waals surface area (Å²) >= 11 is 14.6. The Kier molecular flexibility index (Phi) is 13.2. The molecular formula is C37H45Cl2N7O3S. The summed E-state index contributed by atoms with van der Waals surface area (Å²) in [5.41, 5.74) is 9.21. The molecule has 50 heavy (non-hydrogen) atoms. The molecule has 266 valence electrons. The molecule has 6 N–H and O–H groups in total. The van der Waals surface area contributed by atoms with E-state index in [0.717, 1.165) is 22.0 Å². The number of para-hydroxylation sites is 1. The van der Waals surface area contributed by atoms with Crippen molar-refractivity contribution in [2.45, 2.75) is 87.1 Å². The number of nitrogens with zero attached hydrogens (tertiary/aromatic N) is 2. The summed E-state index contributed by atoms with van der Waals surface area (Å²) in [5, 5.41) is 12.1. The lowest BCUT2D eigenvalue weighted by Gasteiger charge is -2.32. The molecule has 3 amide bonds. The van der Waals surface area contributed by atoms with Gasteiger partial charge in [-0.25, -0.2) is 4.98 Å². The van der Waals surface area contributed by atoms with Gasteiger partial charge >= 0.3 is 0 Å². The molecule has 0 spiro atoms. The minimum atomic E-state index is -0.899. The lowest BCUT2D eigenvalue weighted by Crippen LogP contribution is -2.57. The highest BCUT2D eigenvalue weighted by atomic mass is 35.5. The van der Waals surface area contributed by atoms with Crippen molar-refractivity contribution in [2.24, 2.45) is 11.7 Å². The number of amides is 3. The van der Waals surface area contributed by atoms with E-state index in [4.69, 9.17) is 28.9 Å². The fourth-order valence-electron chi connectivity index (χ4n) is 6.23. The Morgan fingerprint density at radius 1 is 1.00 bits per heavy atom. The van der Waals surface area contributed by atoms with E-state index in [9.17, 15) is 14.4 Å². The van der Waals surface area contributed by atoms with Crippen LogP contribution in [0.25, 0.3) is 10.9 Å². The van der Waals surface area contributed by atoms with Gasteiger partial charge in [-0.2, -0.15) is 0 Å². The van der Waals surface area contributed by atoms with E-state index < -0.39 is 18.1 Å². The minimum Gasteiger partial charge on any atom is -0.361 e. The van der Waals surface area contributed by atoms with Crippen LogP contribution in [0, 0.1) is 5.92 Å². The molecule has 0 saturated heterocycles. The van der Waals surface area contributed by atoms with Gasteiger partial charge in [0.1, 0.15) is 17.1 Å². The van der Waals surface area contributed by atoms with Gasteiger partial charge in [-0.1, -0.05) is 73.1 Å². The van der Waals surface area contributed by atoms with Crippen molar-refractivity contribution in [1.29, 1.82) is 0 Å². The van der Waals surface area contributed by atoms with Crippen LogP contribution in [-0.2, 0) is 33.9 Å². The van der Waals surface area contributed by atoms with Crippen molar-refractivity contribution >= 4 is 63.6 Å². The predicted octanol–water partition coefficient (Wildman–Crippen LogP) is 5.84. The van der Waals surface area contributed by atoms with Gasteiger partial charge in [0.2, 0.25) is 17.7 Å². The normalized spacial score (nSPS) is 19.5. The number of pyridine rings is 1. The SMILES string of the molecule is CC(C)CC1NCc2cccnc2Sc2c(Cl)cc(Cl)cc2CNC(=O)C(Cc2c[nH]c3ccccc23)N(C)C(=O)C(CCCCN)NC1=O. The third-order valence-corrected chi connectivity index (χ3v) is 10.8. The monoisotopic (exact) mass is 737 g/mol. The van der Waals surface area contributed by atoms with Crippen molar-refractivity contribution < 1.29 is 14.4 Å². The molecule has 0 fully saturated rings. The number of nitrogens with two attached hydrogens (primary N) is 1. The van der Waals surface area contributed by atoms with Crippen molar-refractivity contribution in [3.63, 3.8) is 0 Å². The lowest BCUT2D eigenvalue weighted by molar-refractivity contribution is -0.142. The molecule has 0 aliphatic carbocycles. The first-order chi connectivity index (χ1) is 24.0. The van der Waals surface area contributed by atoms with Crippen molar-refractivity contribution in [3.05, 3.63) is 87.7 Å². The topological polar surface area (TPSA) is 145 Å². The first-order valence-electron chi connectivity index (χ1n) is 17.0. The molecule has 10 nitrogen and oxygen atoms in total. The summed E-state index contributed by atoms with van der Waals surface area (Å²) in [6.07, 6.45) is 6.09. The van der Waals surface area contributed by atoms with Crippen LogP contribution in [0.1, 0.15) is 56.2 Å². The maximum absolute atomic E-state index is 14.4. The van der Waals surface area contributed by atoms with Crippen LogP contribution in [0.2, 0.25) is 10.0 Å². The molecule has 3 heterocycles. The van der Waals surface area contributed by atoms with Gasteiger partial charge in [-0.05, 0) is 79.1 Å². The fourth-order valence-corrected chi connectivity index (χ4v) is 7.88. The second-order valence-corrected chi connectivity index (χ2v) is 14.9. The van der Waals surface area contributed by atoms with E-state index in [1.165, 1.54) is 16.7 Å². The molecule has 2 aromatic carbocycles.